The molecule has 0 aromatic heterocycles. The van der Waals surface area contributed by atoms with Gasteiger partial charge in [0.15, 0.2) is 23.7 Å². The van der Waals surface area contributed by atoms with E-state index >= 15 is 0 Å². The molecule has 0 bridgehead atoms. The van der Waals surface area contributed by atoms with Crippen molar-refractivity contribution in [3.63, 3.8) is 0 Å². The number of nitroso groups, excluding NO2 is 2. The zero-order valence-electron chi connectivity index (χ0n) is 10.2. The van der Waals surface area contributed by atoms with Gasteiger partial charge >= 0.3 is 0 Å². The zero-order valence-corrected chi connectivity index (χ0v) is 10.2. The van der Waals surface area contributed by atoms with Gasteiger partial charge in [0.1, 0.15) is 0 Å². The van der Waals surface area contributed by atoms with Gasteiger partial charge in [-0.25, -0.2) is 0 Å². The maximum atomic E-state index is 11.0. The quantitative estimate of drug-likeness (QED) is 0.430. The van der Waals surface area contributed by atoms with Crippen molar-refractivity contribution in [1.29, 1.82) is 5.26 Å². The van der Waals surface area contributed by atoms with Crippen LogP contribution in [0.1, 0.15) is 13.8 Å². The summed E-state index contributed by atoms with van der Waals surface area (Å²) in [6.45, 7) is 2.07. The molecule has 0 aromatic rings. The van der Waals surface area contributed by atoms with Crippen LogP contribution in [0, 0.1) is 21.1 Å². The minimum atomic E-state index is -1.11. The van der Waals surface area contributed by atoms with Crippen molar-refractivity contribution in [3.05, 3.63) is 9.81 Å². The van der Waals surface area contributed by atoms with Gasteiger partial charge in [-0.15, -0.1) is 9.81 Å². The Morgan fingerprint density at radius 3 is 1.72 bits per heavy atom. The van der Waals surface area contributed by atoms with Crippen LogP contribution in [0.2, 0.25) is 0 Å². The Morgan fingerprint density at radius 2 is 1.50 bits per heavy atom. The lowest BCUT2D eigenvalue weighted by Gasteiger charge is -2.21. The molecular formula is C10H14N4O4. The highest BCUT2D eigenvalue weighted by molar-refractivity contribution is 5.82. The minimum Gasteiger partial charge on any atom is -0.297 e. The molecule has 0 spiro atoms. The molecule has 0 rings (SSSR count). The van der Waals surface area contributed by atoms with Crippen molar-refractivity contribution in [2.24, 2.45) is 10.4 Å². The van der Waals surface area contributed by atoms with E-state index in [1.165, 1.54) is 18.7 Å². The van der Waals surface area contributed by atoms with E-state index in [0.29, 0.717) is 0 Å². The molecule has 0 fully saturated rings. The first-order valence-corrected chi connectivity index (χ1v) is 5.21. The Morgan fingerprint density at radius 1 is 1.11 bits per heavy atom. The third-order valence-corrected chi connectivity index (χ3v) is 2.35. The Labute approximate surface area is 104 Å². The fraction of sp³-hybridized carbons (Fsp3) is 0.700. The fourth-order valence-electron chi connectivity index (χ4n) is 1.26. The number of hydrogen-bond acceptors (Lipinski definition) is 8. The number of carbonyl (C=O) groups excluding carboxylic acids is 2. The van der Waals surface area contributed by atoms with Crippen molar-refractivity contribution in [3.8, 4) is 6.07 Å². The van der Waals surface area contributed by atoms with Crippen LogP contribution in [0.4, 0.5) is 0 Å². The van der Waals surface area contributed by atoms with E-state index in [4.69, 9.17) is 5.26 Å². The first-order valence-electron chi connectivity index (χ1n) is 5.21. The van der Waals surface area contributed by atoms with Crippen LogP contribution in [0.3, 0.4) is 0 Å². The average molecular weight is 254 g/mol. The van der Waals surface area contributed by atoms with Crippen LogP contribution in [0.25, 0.3) is 0 Å². The molecule has 18 heavy (non-hydrogen) atoms. The Kier molecular flexibility index (Phi) is 7.23. The van der Waals surface area contributed by atoms with Crippen LogP contribution >= 0.6 is 0 Å². The number of hydrogen-bond donors (Lipinski definition) is 0. The number of nitrogens with zero attached hydrogens (tertiary/aromatic N) is 4. The molecule has 98 valence electrons. The summed E-state index contributed by atoms with van der Waals surface area (Å²) in [5.74, 6) is -0.877. The number of Topliss-reactive ketones (excluding diaryl/α,β-unsaturated/α-hetero) is 2. The molecule has 0 saturated carbocycles. The predicted octanol–water partition coefficient (Wildman–Crippen LogP) is 0.260. The Hall–Kier alpha value is -2.01. The van der Waals surface area contributed by atoms with Crippen LogP contribution in [0.15, 0.2) is 10.4 Å². The van der Waals surface area contributed by atoms with Crippen LogP contribution in [-0.2, 0) is 9.59 Å². The van der Waals surface area contributed by atoms with E-state index in [-0.39, 0.29) is 19.6 Å². The normalized spacial score (nSPS) is 13.4. The monoisotopic (exact) mass is 254 g/mol. The highest BCUT2D eigenvalue weighted by Crippen LogP contribution is 2.03. The van der Waals surface area contributed by atoms with Crippen LogP contribution < -0.4 is 0 Å². The van der Waals surface area contributed by atoms with Crippen molar-refractivity contribution in [1.82, 2.24) is 4.90 Å². The van der Waals surface area contributed by atoms with Crippen molar-refractivity contribution < 1.29 is 9.59 Å². The lowest BCUT2D eigenvalue weighted by atomic mass is 10.1. The molecule has 8 heteroatoms. The third-order valence-electron chi connectivity index (χ3n) is 2.35. The Bertz CT molecular complexity index is 349. The lowest BCUT2D eigenvalue weighted by Crippen LogP contribution is -2.41. The maximum Gasteiger partial charge on any atom is 0.162 e. The summed E-state index contributed by atoms with van der Waals surface area (Å²) in [6, 6.07) is -0.406. The molecule has 0 aliphatic heterocycles. The van der Waals surface area contributed by atoms with E-state index in [0.717, 1.165) is 0 Å². The molecule has 0 N–H and O–H groups in total. The summed E-state index contributed by atoms with van der Waals surface area (Å²) in [4.78, 5) is 44.3. The minimum absolute atomic E-state index is 0.105. The maximum absolute atomic E-state index is 11.0. The molecule has 0 radical (unpaired) electrons. The van der Waals surface area contributed by atoms with Crippen molar-refractivity contribution in [2.75, 3.05) is 19.6 Å². The molecule has 0 aromatic carbocycles. The molecule has 0 aliphatic rings. The van der Waals surface area contributed by atoms with E-state index < -0.39 is 23.7 Å². The summed E-state index contributed by atoms with van der Waals surface area (Å²) >= 11 is 0. The SMILES string of the molecule is CC(=O)C(CN(CC#N)CC(N=O)C(C)=O)N=O. The van der Waals surface area contributed by atoms with Crippen molar-refractivity contribution >= 4 is 11.6 Å². The third kappa shape index (κ3) is 5.36. The summed E-state index contributed by atoms with van der Waals surface area (Å²) in [5, 5.41) is 13.9. The second-order valence-electron chi connectivity index (χ2n) is 3.82. The predicted molar refractivity (Wildman–Crippen MR) is 62.6 cm³/mol. The highest BCUT2D eigenvalue weighted by atomic mass is 16.3. The van der Waals surface area contributed by atoms with Gasteiger partial charge in [0, 0.05) is 13.1 Å². The molecular weight excluding hydrogens is 240 g/mol. The zero-order chi connectivity index (χ0) is 14.1. The summed E-state index contributed by atoms with van der Waals surface area (Å²) in [7, 11) is 0. The first-order chi connectivity index (χ1) is 8.46. The van der Waals surface area contributed by atoms with E-state index in [2.05, 4.69) is 10.4 Å². The second kappa shape index (κ2) is 8.14. The number of nitriles is 1. The summed E-state index contributed by atoms with van der Waals surface area (Å²) in [6.07, 6.45) is 0. The van der Waals surface area contributed by atoms with Crippen molar-refractivity contribution in [2.45, 2.75) is 25.9 Å². The molecule has 2 atom stereocenters. The highest BCUT2D eigenvalue weighted by Gasteiger charge is 2.24. The van der Waals surface area contributed by atoms with E-state index in [9.17, 15) is 19.4 Å². The topological polar surface area (TPSA) is 120 Å². The van der Waals surface area contributed by atoms with Gasteiger partial charge in [0.05, 0.1) is 12.6 Å². The van der Waals surface area contributed by atoms with Gasteiger partial charge in [0.2, 0.25) is 0 Å². The van der Waals surface area contributed by atoms with E-state index in [1.807, 2.05) is 6.07 Å². The Balaban J connectivity index is 4.70. The summed E-state index contributed by atoms with van der Waals surface area (Å²) < 4.78 is 0. The molecule has 0 heterocycles. The molecule has 0 saturated heterocycles. The number of ketones is 2. The summed E-state index contributed by atoms with van der Waals surface area (Å²) in [5.41, 5.74) is 0. The second-order valence-corrected chi connectivity index (χ2v) is 3.82. The van der Waals surface area contributed by atoms with Crippen LogP contribution in [0.5, 0.6) is 0 Å². The number of rotatable bonds is 9. The lowest BCUT2D eigenvalue weighted by molar-refractivity contribution is -0.118. The largest absolute Gasteiger partial charge is 0.297 e. The van der Waals surface area contributed by atoms with Gasteiger partial charge in [0.25, 0.3) is 0 Å². The molecule has 0 amide bonds. The first kappa shape index (κ1) is 16.0. The molecule has 2 unspecified atom stereocenters. The fourth-order valence-corrected chi connectivity index (χ4v) is 1.26. The van der Waals surface area contributed by atoms with Crippen LogP contribution in [-0.4, -0.2) is 48.2 Å². The van der Waals surface area contributed by atoms with Gasteiger partial charge in [-0.05, 0) is 13.8 Å². The molecule has 0 aliphatic carbocycles. The van der Waals surface area contributed by atoms with E-state index in [1.54, 1.807) is 0 Å². The van der Waals surface area contributed by atoms with Gasteiger partial charge < -0.3 is 0 Å². The molecule has 8 nitrogen and oxygen atoms in total. The van der Waals surface area contributed by atoms with Gasteiger partial charge in [-0.2, -0.15) is 5.26 Å². The standard InChI is InChI=1S/C10H14N4O4/c1-7(15)9(12-17)5-14(4-3-11)6-10(13-18)8(2)16/h9-10H,4-6H2,1-2H3. The van der Waals surface area contributed by atoms with Gasteiger partial charge in [-0.1, -0.05) is 10.4 Å². The smallest absolute Gasteiger partial charge is 0.162 e. The number of carbonyl (C=O) groups is 2. The van der Waals surface area contributed by atoms with Gasteiger partial charge in [-0.3, -0.25) is 14.5 Å². The average Bonchev–Trinajstić information content (AvgIpc) is 2.31.